The molecule has 0 unspecified atom stereocenters. The van der Waals surface area contributed by atoms with Crippen LogP contribution in [0.5, 0.6) is 0 Å². The van der Waals surface area contributed by atoms with E-state index < -0.39 is 0 Å². The fourth-order valence-corrected chi connectivity index (χ4v) is 3.99. The van der Waals surface area contributed by atoms with Gasteiger partial charge in [0.2, 0.25) is 0 Å². The predicted octanol–water partition coefficient (Wildman–Crippen LogP) is 1.26. The molecule has 2 fully saturated rings. The summed E-state index contributed by atoms with van der Waals surface area (Å²) in [7, 11) is 0. The van der Waals surface area contributed by atoms with Crippen molar-refractivity contribution in [3.8, 4) is 0 Å². The lowest BCUT2D eigenvalue weighted by Gasteiger charge is -2.36. The second kappa shape index (κ2) is 6.37. The van der Waals surface area contributed by atoms with E-state index in [4.69, 9.17) is 9.97 Å². The third-order valence-corrected chi connectivity index (χ3v) is 5.63. The number of hydrogen-bond acceptors (Lipinski definition) is 6. The molecule has 2 aromatic heterocycles. The molecule has 0 aromatic carbocycles. The Hall–Kier alpha value is -2.02. The lowest BCUT2D eigenvalue weighted by atomic mass is 10.2. The number of aryl methyl sites for hydroxylation is 1. The van der Waals surface area contributed by atoms with Crippen molar-refractivity contribution in [2.75, 3.05) is 37.6 Å². The Kier molecular flexibility index (Phi) is 3.88. The van der Waals surface area contributed by atoms with Crippen LogP contribution < -0.4 is 4.90 Å². The molecule has 7 heteroatoms. The highest BCUT2D eigenvalue weighted by Gasteiger charge is 2.31. The Morgan fingerprint density at radius 2 is 1.72 bits per heavy atom. The molecule has 0 spiro atoms. The van der Waals surface area contributed by atoms with E-state index in [1.807, 2.05) is 0 Å². The van der Waals surface area contributed by atoms with Gasteiger partial charge in [0.1, 0.15) is 11.6 Å². The van der Waals surface area contributed by atoms with Crippen molar-refractivity contribution in [3.63, 3.8) is 0 Å². The predicted molar refractivity (Wildman–Crippen MR) is 94.7 cm³/mol. The number of rotatable bonds is 5. The number of hydrogen-bond donors (Lipinski definition) is 0. The van der Waals surface area contributed by atoms with Gasteiger partial charge >= 0.3 is 0 Å². The maximum absolute atomic E-state index is 5.01. The van der Waals surface area contributed by atoms with Crippen LogP contribution in [0.3, 0.4) is 0 Å². The summed E-state index contributed by atoms with van der Waals surface area (Å²) < 4.78 is 0. The Labute approximate surface area is 148 Å². The molecule has 0 atom stereocenters. The summed E-state index contributed by atoms with van der Waals surface area (Å²) in [6.07, 6.45) is 9.56. The van der Waals surface area contributed by atoms with Gasteiger partial charge in [-0.2, -0.15) is 15.0 Å². The first kappa shape index (κ1) is 15.3. The molecule has 2 aliphatic carbocycles. The minimum Gasteiger partial charge on any atom is -0.354 e. The Morgan fingerprint density at radius 3 is 2.48 bits per heavy atom. The molecule has 5 rings (SSSR count). The van der Waals surface area contributed by atoms with E-state index in [1.165, 1.54) is 36.3 Å². The van der Waals surface area contributed by atoms with Crippen LogP contribution in [-0.4, -0.2) is 62.6 Å². The van der Waals surface area contributed by atoms with Crippen molar-refractivity contribution in [2.45, 2.75) is 44.6 Å². The van der Waals surface area contributed by atoms with Crippen molar-refractivity contribution in [1.29, 1.82) is 0 Å². The molecule has 1 aliphatic heterocycles. The summed E-state index contributed by atoms with van der Waals surface area (Å²) in [4.78, 5) is 16.7. The van der Waals surface area contributed by atoms with E-state index in [9.17, 15) is 0 Å². The lowest BCUT2D eigenvalue weighted by molar-refractivity contribution is 0.239. The van der Waals surface area contributed by atoms with Gasteiger partial charge in [0.15, 0.2) is 0 Å². The number of aromatic nitrogens is 5. The summed E-state index contributed by atoms with van der Waals surface area (Å²) in [5, 5.41) is 8.37. The van der Waals surface area contributed by atoms with Crippen molar-refractivity contribution in [3.05, 3.63) is 29.5 Å². The molecule has 7 nitrogen and oxygen atoms in total. The molecular formula is C18H25N7. The molecule has 3 heterocycles. The SMILES string of the molecule is c1cnn(CCN2CCN(c3nc(C4CC4)nc4c3CCC4)CC2)n1. The zero-order valence-corrected chi connectivity index (χ0v) is 14.6. The largest absolute Gasteiger partial charge is 0.354 e. The second-order valence-electron chi connectivity index (χ2n) is 7.41. The number of nitrogens with zero attached hydrogens (tertiary/aromatic N) is 7. The molecule has 2 aromatic rings. The highest BCUT2D eigenvalue weighted by Crippen LogP contribution is 2.40. The van der Waals surface area contributed by atoms with Crippen LogP contribution in [0.4, 0.5) is 5.82 Å². The van der Waals surface area contributed by atoms with E-state index in [0.29, 0.717) is 5.92 Å². The highest BCUT2D eigenvalue weighted by molar-refractivity contribution is 5.52. The van der Waals surface area contributed by atoms with Crippen molar-refractivity contribution in [1.82, 2.24) is 29.9 Å². The molecule has 3 aliphatic rings. The van der Waals surface area contributed by atoms with E-state index in [2.05, 4.69) is 20.0 Å². The van der Waals surface area contributed by atoms with Gasteiger partial charge in [0, 0.05) is 49.9 Å². The van der Waals surface area contributed by atoms with Gasteiger partial charge in [-0.3, -0.25) is 4.90 Å². The van der Waals surface area contributed by atoms with E-state index >= 15 is 0 Å². The quantitative estimate of drug-likeness (QED) is 0.817. The summed E-state index contributed by atoms with van der Waals surface area (Å²) in [6.45, 7) is 6.15. The van der Waals surface area contributed by atoms with Gasteiger partial charge in [-0.15, -0.1) is 0 Å². The van der Waals surface area contributed by atoms with Gasteiger partial charge < -0.3 is 4.90 Å². The highest BCUT2D eigenvalue weighted by atomic mass is 15.5. The molecule has 0 N–H and O–H groups in total. The zero-order chi connectivity index (χ0) is 16.6. The third-order valence-electron chi connectivity index (χ3n) is 5.63. The minimum absolute atomic E-state index is 0.632. The van der Waals surface area contributed by atoms with Crippen LogP contribution in [0.25, 0.3) is 0 Å². The number of fused-ring (bicyclic) bond motifs is 1. The van der Waals surface area contributed by atoms with Crippen molar-refractivity contribution >= 4 is 5.82 Å². The molecular weight excluding hydrogens is 314 g/mol. The summed E-state index contributed by atoms with van der Waals surface area (Å²) in [5.74, 6) is 2.99. The van der Waals surface area contributed by atoms with Gasteiger partial charge in [-0.1, -0.05) is 0 Å². The maximum Gasteiger partial charge on any atom is 0.135 e. The van der Waals surface area contributed by atoms with Crippen LogP contribution in [0, 0.1) is 0 Å². The summed E-state index contributed by atoms with van der Waals surface area (Å²) >= 11 is 0. The second-order valence-corrected chi connectivity index (χ2v) is 7.41. The topological polar surface area (TPSA) is 63.0 Å². The van der Waals surface area contributed by atoms with Crippen LogP contribution in [-0.2, 0) is 19.4 Å². The van der Waals surface area contributed by atoms with Gasteiger partial charge in [0.25, 0.3) is 0 Å². The number of anilines is 1. The number of piperazine rings is 1. The van der Waals surface area contributed by atoms with E-state index in [-0.39, 0.29) is 0 Å². The Balaban J connectivity index is 1.26. The third kappa shape index (κ3) is 3.13. The minimum atomic E-state index is 0.632. The fourth-order valence-electron chi connectivity index (χ4n) is 3.99. The van der Waals surface area contributed by atoms with Crippen molar-refractivity contribution in [2.24, 2.45) is 0 Å². The van der Waals surface area contributed by atoms with E-state index in [1.54, 1.807) is 17.2 Å². The maximum atomic E-state index is 5.01. The molecule has 25 heavy (non-hydrogen) atoms. The van der Waals surface area contributed by atoms with Crippen LogP contribution in [0.1, 0.15) is 42.3 Å². The van der Waals surface area contributed by atoms with Gasteiger partial charge in [-0.25, -0.2) is 9.97 Å². The summed E-state index contributed by atoms with van der Waals surface area (Å²) in [6, 6.07) is 0. The summed E-state index contributed by atoms with van der Waals surface area (Å²) in [5.41, 5.74) is 2.76. The first-order valence-corrected chi connectivity index (χ1v) is 9.58. The van der Waals surface area contributed by atoms with Crippen LogP contribution in [0.2, 0.25) is 0 Å². The average Bonchev–Trinajstić information content (AvgIpc) is 3.17. The molecule has 1 saturated heterocycles. The average molecular weight is 339 g/mol. The molecule has 0 radical (unpaired) electrons. The molecule has 1 saturated carbocycles. The standard InChI is InChI=1S/C18H25N7/c1-2-15-16(3-1)21-17(14-4-5-14)22-18(15)24-11-8-23(9-12-24)10-13-25-19-6-7-20-25/h6-7,14H,1-5,8-13H2. The van der Waals surface area contributed by atoms with E-state index in [0.717, 1.165) is 57.9 Å². The van der Waals surface area contributed by atoms with Crippen LogP contribution in [0.15, 0.2) is 12.4 Å². The molecule has 0 amide bonds. The fraction of sp³-hybridized carbons (Fsp3) is 0.667. The van der Waals surface area contributed by atoms with Gasteiger partial charge in [0.05, 0.1) is 18.9 Å². The first-order chi connectivity index (χ1) is 12.4. The monoisotopic (exact) mass is 339 g/mol. The normalized spacial score (nSPS) is 20.9. The van der Waals surface area contributed by atoms with Gasteiger partial charge in [-0.05, 0) is 32.1 Å². The van der Waals surface area contributed by atoms with Crippen LogP contribution >= 0.6 is 0 Å². The van der Waals surface area contributed by atoms with Crippen molar-refractivity contribution < 1.29 is 0 Å². The zero-order valence-electron chi connectivity index (χ0n) is 14.6. The molecule has 132 valence electrons. The Morgan fingerprint density at radius 1 is 0.920 bits per heavy atom. The molecule has 0 bridgehead atoms. The Bertz CT molecular complexity index is 730. The first-order valence-electron chi connectivity index (χ1n) is 9.58. The smallest absolute Gasteiger partial charge is 0.135 e. The lowest BCUT2D eigenvalue weighted by Crippen LogP contribution is -2.48.